The summed E-state index contributed by atoms with van der Waals surface area (Å²) in [5.41, 5.74) is 4.30. The number of rotatable bonds is 4. The molecule has 5 rings (SSSR count). The van der Waals surface area contributed by atoms with Crippen LogP contribution in [0.1, 0.15) is 23.7 Å². The number of hydrogen-bond acceptors (Lipinski definition) is 4. The van der Waals surface area contributed by atoms with Gasteiger partial charge in [0.1, 0.15) is 0 Å². The molecule has 0 aliphatic carbocycles. The second-order valence-electron chi connectivity index (χ2n) is 8.13. The van der Waals surface area contributed by atoms with Crippen LogP contribution >= 0.6 is 11.8 Å². The number of pyridine rings is 2. The van der Waals surface area contributed by atoms with Crippen LogP contribution in [0.4, 0.5) is 0 Å². The molecule has 2 aliphatic rings. The van der Waals surface area contributed by atoms with Crippen molar-refractivity contribution in [3.8, 4) is 11.1 Å². The molecule has 2 atom stereocenters. The summed E-state index contributed by atoms with van der Waals surface area (Å²) in [5.74, 6) is 0.948. The molecular weight excluding hydrogens is 378 g/mol. The summed E-state index contributed by atoms with van der Waals surface area (Å²) < 4.78 is 2.05. The van der Waals surface area contributed by atoms with Gasteiger partial charge in [-0.05, 0) is 60.6 Å². The van der Waals surface area contributed by atoms with Gasteiger partial charge in [0.15, 0.2) is 0 Å². The van der Waals surface area contributed by atoms with Crippen molar-refractivity contribution in [2.45, 2.75) is 30.3 Å². The maximum Gasteiger partial charge on any atom is 0.258 e. The van der Waals surface area contributed by atoms with Crippen LogP contribution in [0.25, 0.3) is 11.1 Å². The summed E-state index contributed by atoms with van der Waals surface area (Å²) in [6.07, 6.45) is 5.11. The molecule has 1 saturated heterocycles. The Kier molecular flexibility index (Phi) is 5.02. The molecule has 0 saturated carbocycles. The van der Waals surface area contributed by atoms with Crippen LogP contribution in [0.2, 0.25) is 0 Å². The molecule has 0 unspecified atom stereocenters. The van der Waals surface area contributed by atoms with E-state index in [9.17, 15) is 4.79 Å². The Bertz CT molecular complexity index is 1060. The van der Waals surface area contributed by atoms with E-state index in [1.807, 2.05) is 18.3 Å². The number of thioether (sulfide) groups is 1. The fraction of sp³-hybridized carbons (Fsp3) is 0.333. The Morgan fingerprint density at radius 2 is 1.90 bits per heavy atom. The highest BCUT2D eigenvalue weighted by Gasteiger charge is 2.35. The lowest BCUT2D eigenvalue weighted by Gasteiger charge is -2.42. The largest absolute Gasteiger partial charge is 0.311 e. The zero-order valence-electron chi connectivity index (χ0n) is 16.6. The molecule has 3 aromatic rings. The van der Waals surface area contributed by atoms with Crippen molar-refractivity contribution in [1.82, 2.24) is 14.5 Å². The van der Waals surface area contributed by atoms with Gasteiger partial charge in [-0.3, -0.25) is 14.7 Å². The summed E-state index contributed by atoms with van der Waals surface area (Å²) in [5, 5.41) is 0. The molecule has 4 heterocycles. The lowest BCUT2D eigenvalue weighted by atomic mass is 9.82. The minimum atomic E-state index is 0.160. The van der Waals surface area contributed by atoms with E-state index in [1.54, 1.807) is 11.8 Å². The van der Waals surface area contributed by atoms with Gasteiger partial charge in [-0.1, -0.05) is 18.2 Å². The smallest absolute Gasteiger partial charge is 0.258 e. The third-order valence-corrected chi connectivity index (χ3v) is 6.94. The number of piperidine rings is 1. The van der Waals surface area contributed by atoms with Crippen LogP contribution in [-0.2, 0) is 13.1 Å². The second-order valence-corrected chi connectivity index (χ2v) is 9.01. The van der Waals surface area contributed by atoms with E-state index in [1.165, 1.54) is 17.0 Å². The highest BCUT2D eigenvalue weighted by Crippen LogP contribution is 2.36. The number of benzene rings is 1. The summed E-state index contributed by atoms with van der Waals surface area (Å²) in [6.45, 7) is 3.73. The van der Waals surface area contributed by atoms with Crippen molar-refractivity contribution in [2.75, 3.05) is 19.3 Å². The van der Waals surface area contributed by atoms with Gasteiger partial charge in [0, 0.05) is 54.4 Å². The van der Waals surface area contributed by atoms with E-state index in [2.05, 4.69) is 63.2 Å². The SMILES string of the molecule is CSc1ccc(-c2ccc3n(c2=O)C[C@H]2C[C@@H]3CN(Cc3ccccn3)C2)cc1. The summed E-state index contributed by atoms with van der Waals surface area (Å²) >= 11 is 1.72. The number of nitrogens with zero attached hydrogens (tertiary/aromatic N) is 3. The molecule has 4 nitrogen and oxygen atoms in total. The molecule has 2 aromatic heterocycles. The van der Waals surface area contributed by atoms with E-state index in [4.69, 9.17) is 0 Å². The Labute approximate surface area is 175 Å². The van der Waals surface area contributed by atoms with Gasteiger partial charge in [0.25, 0.3) is 5.56 Å². The average molecular weight is 404 g/mol. The van der Waals surface area contributed by atoms with Crippen molar-refractivity contribution in [1.29, 1.82) is 0 Å². The average Bonchev–Trinajstić information content (AvgIpc) is 2.75. The monoisotopic (exact) mass is 403 g/mol. The molecular formula is C24H25N3OS. The highest BCUT2D eigenvalue weighted by molar-refractivity contribution is 7.98. The van der Waals surface area contributed by atoms with Crippen molar-refractivity contribution < 1.29 is 0 Å². The van der Waals surface area contributed by atoms with Gasteiger partial charge in [-0.15, -0.1) is 11.8 Å². The Balaban J connectivity index is 1.42. The van der Waals surface area contributed by atoms with Crippen molar-refractivity contribution in [3.63, 3.8) is 0 Å². The fourth-order valence-electron chi connectivity index (χ4n) is 4.89. The molecule has 5 heteroatoms. The summed E-state index contributed by atoms with van der Waals surface area (Å²) in [6, 6.07) is 18.6. The predicted molar refractivity (Wildman–Crippen MR) is 118 cm³/mol. The molecule has 0 amide bonds. The lowest BCUT2D eigenvalue weighted by Crippen LogP contribution is -2.47. The molecule has 1 fully saturated rings. The maximum absolute atomic E-state index is 13.3. The third kappa shape index (κ3) is 3.65. The Morgan fingerprint density at radius 3 is 2.66 bits per heavy atom. The van der Waals surface area contributed by atoms with Gasteiger partial charge in [0.05, 0.1) is 5.69 Å². The van der Waals surface area contributed by atoms with Crippen LogP contribution in [0.15, 0.2) is 70.5 Å². The number of likely N-dealkylation sites (tertiary alicyclic amines) is 1. The van der Waals surface area contributed by atoms with E-state index in [-0.39, 0.29) is 5.56 Å². The van der Waals surface area contributed by atoms with Gasteiger partial charge in [0.2, 0.25) is 0 Å². The van der Waals surface area contributed by atoms with Gasteiger partial charge < -0.3 is 4.57 Å². The first kappa shape index (κ1) is 18.6. The molecule has 2 bridgehead atoms. The van der Waals surface area contributed by atoms with E-state index in [0.717, 1.165) is 43.0 Å². The number of hydrogen-bond donors (Lipinski definition) is 0. The standard InChI is InChI=1S/C24H25N3OS/c1-29-21-7-5-18(6-8-21)22-9-10-23-19-12-17(14-27(23)24(22)28)13-26(15-19)16-20-4-2-3-11-25-20/h2-11,17,19H,12-16H2,1H3/t17-,19+/m0/s1. The molecule has 29 heavy (non-hydrogen) atoms. The van der Waals surface area contributed by atoms with E-state index >= 15 is 0 Å². The van der Waals surface area contributed by atoms with Gasteiger partial charge in [-0.25, -0.2) is 0 Å². The zero-order valence-corrected chi connectivity index (χ0v) is 17.4. The Morgan fingerprint density at radius 1 is 1.03 bits per heavy atom. The first-order valence-electron chi connectivity index (χ1n) is 10.2. The molecule has 0 N–H and O–H groups in total. The van der Waals surface area contributed by atoms with Gasteiger partial charge in [-0.2, -0.15) is 0 Å². The van der Waals surface area contributed by atoms with Crippen molar-refractivity contribution >= 4 is 11.8 Å². The zero-order chi connectivity index (χ0) is 19.8. The van der Waals surface area contributed by atoms with E-state index < -0.39 is 0 Å². The van der Waals surface area contributed by atoms with Crippen LogP contribution in [-0.4, -0.2) is 33.8 Å². The number of aromatic nitrogens is 2. The predicted octanol–water partition coefficient (Wildman–Crippen LogP) is 4.25. The lowest BCUT2D eigenvalue weighted by molar-refractivity contribution is 0.113. The van der Waals surface area contributed by atoms with Gasteiger partial charge >= 0.3 is 0 Å². The minimum absolute atomic E-state index is 0.160. The first-order valence-corrected chi connectivity index (χ1v) is 11.4. The normalized spacial score (nSPS) is 21.0. The van der Waals surface area contributed by atoms with Crippen molar-refractivity contribution in [2.24, 2.45) is 5.92 Å². The quantitative estimate of drug-likeness (QED) is 0.611. The topological polar surface area (TPSA) is 38.1 Å². The van der Waals surface area contributed by atoms with E-state index in [0.29, 0.717) is 11.8 Å². The Hall–Kier alpha value is -2.37. The second kappa shape index (κ2) is 7.81. The van der Waals surface area contributed by atoms with Crippen LogP contribution < -0.4 is 5.56 Å². The molecule has 148 valence electrons. The van der Waals surface area contributed by atoms with Crippen LogP contribution in [0.5, 0.6) is 0 Å². The van der Waals surface area contributed by atoms with Crippen LogP contribution in [0.3, 0.4) is 0 Å². The molecule has 0 radical (unpaired) electrons. The molecule has 0 spiro atoms. The van der Waals surface area contributed by atoms with Crippen molar-refractivity contribution in [3.05, 3.63) is 82.5 Å². The fourth-order valence-corrected chi connectivity index (χ4v) is 5.29. The minimum Gasteiger partial charge on any atom is -0.311 e. The first-order chi connectivity index (χ1) is 14.2. The molecule has 2 aliphatic heterocycles. The summed E-state index contributed by atoms with van der Waals surface area (Å²) in [7, 11) is 0. The molecule has 1 aromatic carbocycles. The number of fused-ring (bicyclic) bond motifs is 4. The maximum atomic E-state index is 13.3. The highest BCUT2D eigenvalue weighted by atomic mass is 32.2. The van der Waals surface area contributed by atoms with Crippen LogP contribution in [0, 0.1) is 5.92 Å². The summed E-state index contributed by atoms with van der Waals surface area (Å²) in [4.78, 5) is 21.5. The third-order valence-electron chi connectivity index (χ3n) is 6.19.